The van der Waals surface area contributed by atoms with Crippen LogP contribution < -0.4 is 26.7 Å². The maximum atomic E-state index is 12.2. The zero-order chi connectivity index (χ0) is 24.8. The first-order valence-electron chi connectivity index (χ1n) is 11.4. The van der Waals surface area contributed by atoms with Gasteiger partial charge in [-0.3, -0.25) is 19.8 Å². The van der Waals surface area contributed by atoms with E-state index in [1.807, 2.05) is 18.2 Å². The molecule has 3 heterocycles. The molecule has 2 aromatic rings. The monoisotopic (exact) mass is 480 g/mol. The predicted molar refractivity (Wildman–Crippen MR) is 130 cm³/mol. The van der Waals surface area contributed by atoms with Crippen molar-refractivity contribution in [2.45, 2.75) is 32.2 Å². The van der Waals surface area contributed by atoms with Gasteiger partial charge in [0.15, 0.2) is 5.82 Å². The Kier molecular flexibility index (Phi) is 7.51. The fourth-order valence-corrected chi connectivity index (χ4v) is 3.72. The van der Waals surface area contributed by atoms with Crippen LogP contribution in [0.3, 0.4) is 0 Å². The average Bonchev–Trinajstić information content (AvgIpc) is 3.22. The number of hydrazone groups is 1. The number of morpholine rings is 1. The largest absolute Gasteiger partial charge is 0.378 e. The average molecular weight is 481 g/mol. The second-order valence-electron chi connectivity index (χ2n) is 8.33. The van der Waals surface area contributed by atoms with Crippen LogP contribution in [0.4, 0.5) is 17.3 Å². The summed E-state index contributed by atoms with van der Waals surface area (Å²) in [6, 6.07) is 6.68. The minimum Gasteiger partial charge on any atom is -0.378 e. The number of anilines is 3. The molecule has 0 bridgehead atoms. The standard InChI is InChI=1S/C23H28N8O4/c1-14(23(24)34)26-21(32)5-4-18-28-19(12-20(29-18)31-6-8-35-9-7-31)30-25-13-15-2-3-17-16(10-15)11-22(33)27-17/h2-3,10,12-14H,4-9,11H2,1H3,(H2,24,34)(H,26,32)(H,27,33)(H,28,29,30)/b25-13+. The van der Waals surface area contributed by atoms with E-state index < -0.39 is 11.9 Å². The van der Waals surface area contributed by atoms with Crippen molar-refractivity contribution in [3.8, 4) is 0 Å². The number of carbonyl (C=O) groups is 3. The van der Waals surface area contributed by atoms with E-state index in [0.717, 1.165) is 16.8 Å². The highest BCUT2D eigenvalue weighted by Crippen LogP contribution is 2.23. The van der Waals surface area contributed by atoms with Crippen molar-refractivity contribution in [1.29, 1.82) is 0 Å². The van der Waals surface area contributed by atoms with Crippen LogP contribution >= 0.6 is 0 Å². The van der Waals surface area contributed by atoms with Crippen LogP contribution in [-0.4, -0.2) is 66.2 Å². The lowest BCUT2D eigenvalue weighted by Crippen LogP contribution is -2.42. The van der Waals surface area contributed by atoms with Crippen molar-refractivity contribution in [3.05, 3.63) is 41.2 Å². The second kappa shape index (κ2) is 10.9. The van der Waals surface area contributed by atoms with Crippen LogP contribution in [-0.2, 0) is 32.0 Å². The molecule has 1 atom stereocenters. The summed E-state index contributed by atoms with van der Waals surface area (Å²) in [6.45, 7) is 4.12. The molecule has 1 aromatic carbocycles. The highest BCUT2D eigenvalue weighted by molar-refractivity contribution is 6.00. The number of nitrogens with zero attached hydrogens (tertiary/aromatic N) is 4. The highest BCUT2D eigenvalue weighted by Gasteiger charge is 2.18. The molecule has 1 unspecified atom stereocenters. The van der Waals surface area contributed by atoms with Gasteiger partial charge in [0.25, 0.3) is 0 Å². The van der Waals surface area contributed by atoms with Crippen LogP contribution in [0.15, 0.2) is 29.4 Å². The van der Waals surface area contributed by atoms with E-state index in [1.165, 1.54) is 6.92 Å². The lowest BCUT2D eigenvalue weighted by Gasteiger charge is -2.28. The summed E-state index contributed by atoms with van der Waals surface area (Å²) in [5.74, 6) is 0.735. The quantitative estimate of drug-likeness (QED) is 0.291. The summed E-state index contributed by atoms with van der Waals surface area (Å²) >= 11 is 0. The molecule has 35 heavy (non-hydrogen) atoms. The van der Waals surface area contributed by atoms with Crippen LogP contribution in [0.5, 0.6) is 0 Å². The van der Waals surface area contributed by atoms with Crippen molar-refractivity contribution >= 4 is 41.3 Å². The van der Waals surface area contributed by atoms with E-state index >= 15 is 0 Å². The van der Waals surface area contributed by atoms with Gasteiger partial charge in [0, 0.05) is 37.7 Å². The number of hydrogen-bond acceptors (Lipinski definition) is 9. The van der Waals surface area contributed by atoms with E-state index in [9.17, 15) is 14.4 Å². The lowest BCUT2D eigenvalue weighted by atomic mass is 10.1. The molecule has 12 nitrogen and oxygen atoms in total. The Hall–Kier alpha value is -4.06. The number of amides is 3. The molecule has 1 saturated heterocycles. The Balaban J connectivity index is 1.46. The number of fused-ring (bicyclic) bond motifs is 1. The van der Waals surface area contributed by atoms with Crippen LogP contribution in [0.2, 0.25) is 0 Å². The van der Waals surface area contributed by atoms with E-state index in [1.54, 1.807) is 12.3 Å². The Morgan fingerprint density at radius 1 is 1.29 bits per heavy atom. The Labute approximate surface area is 202 Å². The minimum absolute atomic E-state index is 0.0193. The lowest BCUT2D eigenvalue weighted by molar-refractivity contribution is -0.126. The zero-order valence-electron chi connectivity index (χ0n) is 19.4. The molecule has 0 radical (unpaired) electrons. The number of aromatic nitrogens is 2. The zero-order valence-corrected chi connectivity index (χ0v) is 19.4. The number of primary amides is 1. The Bertz CT molecular complexity index is 1150. The molecule has 0 saturated carbocycles. The van der Waals surface area contributed by atoms with Gasteiger partial charge in [-0.05, 0) is 30.2 Å². The summed E-state index contributed by atoms with van der Waals surface area (Å²) in [7, 11) is 0. The molecule has 4 rings (SSSR count). The molecule has 5 N–H and O–H groups in total. The van der Waals surface area contributed by atoms with Gasteiger partial charge < -0.3 is 26.0 Å². The molecule has 0 spiro atoms. The van der Waals surface area contributed by atoms with E-state index in [-0.39, 0.29) is 24.7 Å². The third-order valence-electron chi connectivity index (χ3n) is 5.62. The molecule has 3 amide bonds. The van der Waals surface area contributed by atoms with Gasteiger partial charge in [0.1, 0.15) is 17.7 Å². The molecule has 12 heteroatoms. The van der Waals surface area contributed by atoms with Gasteiger partial charge in [0.05, 0.1) is 25.8 Å². The van der Waals surface area contributed by atoms with Gasteiger partial charge in [-0.1, -0.05) is 6.07 Å². The van der Waals surface area contributed by atoms with E-state index in [2.05, 4.69) is 36.0 Å². The number of carbonyl (C=O) groups excluding carboxylic acids is 3. The fourth-order valence-electron chi connectivity index (χ4n) is 3.72. The Morgan fingerprint density at radius 3 is 2.86 bits per heavy atom. The normalized spacial score (nSPS) is 16.0. The summed E-state index contributed by atoms with van der Waals surface area (Å²) in [4.78, 5) is 46.1. The van der Waals surface area contributed by atoms with Crippen LogP contribution in [0.25, 0.3) is 0 Å². The molecule has 0 aliphatic carbocycles. The van der Waals surface area contributed by atoms with Crippen molar-refractivity contribution in [2.24, 2.45) is 10.8 Å². The highest BCUT2D eigenvalue weighted by atomic mass is 16.5. The maximum absolute atomic E-state index is 12.2. The molecule has 184 valence electrons. The summed E-state index contributed by atoms with van der Waals surface area (Å²) in [5.41, 5.74) is 10.7. The van der Waals surface area contributed by atoms with Gasteiger partial charge in [-0.15, -0.1) is 0 Å². The van der Waals surface area contributed by atoms with Crippen molar-refractivity contribution < 1.29 is 19.1 Å². The van der Waals surface area contributed by atoms with E-state index in [0.29, 0.717) is 50.2 Å². The number of nitrogens with two attached hydrogens (primary N) is 1. The summed E-state index contributed by atoms with van der Waals surface area (Å²) in [5, 5.41) is 9.65. The number of nitrogens with one attached hydrogen (secondary N) is 3. The first-order valence-corrected chi connectivity index (χ1v) is 11.4. The fraction of sp³-hybridized carbons (Fsp3) is 0.391. The third kappa shape index (κ3) is 6.51. The molecule has 1 aromatic heterocycles. The van der Waals surface area contributed by atoms with Crippen LogP contribution in [0, 0.1) is 0 Å². The topological polar surface area (TPSA) is 164 Å². The molecular weight excluding hydrogens is 452 g/mol. The van der Waals surface area contributed by atoms with Gasteiger partial charge in [0.2, 0.25) is 17.7 Å². The number of ether oxygens (including phenoxy) is 1. The van der Waals surface area contributed by atoms with E-state index in [4.69, 9.17) is 10.5 Å². The second-order valence-corrected chi connectivity index (χ2v) is 8.33. The molecular formula is C23H28N8O4. The summed E-state index contributed by atoms with van der Waals surface area (Å²) in [6.07, 6.45) is 2.39. The van der Waals surface area contributed by atoms with Crippen LogP contribution in [0.1, 0.15) is 30.3 Å². The van der Waals surface area contributed by atoms with Gasteiger partial charge in [-0.25, -0.2) is 9.97 Å². The summed E-state index contributed by atoms with van der Waals surface area (Å²) < 4.78 is 5.43. The van der Waals surface area contributed by atoms with Crippen molar-refractivity contribution in [3.63, 3.8) is 0 Å². The number of hydrogen-bond donors (Lipinski definition) is 4. The SMILES string of the molecule is CC(NC(=O)CCc1nc(N/N=C/c2ccc3c(c2)CC(=O)N3)cc(N2CCOCC2)n1)C(N)=O. The van der Waals surface area contributed by atoms with Crippen molar-refractivity contribution in [2.75, 3.05) is 41.9 Å². The number of rotatable bonds is 9. The molecule has 1 fully saturated rings. The maximum Gasteiger partial charge on any atom is 0.239 e. The first kappa shape index (κ1) is 24.1. The Morgan fingerprint density at radius 2 is 2.09 bits per heavy atom. The smallest absolute Gasteiger partial charge is 0.239 e. The molecule has 2 aliphatic rings. The van der Waals surface area contributed by atoms with Crippen molar-refractivity contribution in [1.82, 2.24) is 15.3 Å². The third-order valence-corrected chi connectivity index (χ3v) is 5.62. The molecule has 2 aliphatic heterocycles. The predicted octanol–water partition coefficient (Wildman–Crippen LogP) is 0.176. The first-order chi connectivity index (χ1) is 16.9. The van der Waals surface area contributed by atoms with Gasteiger partial charge in [-0.2, -0.15) is 5.10 Å². The minimum atomic E-state index is -0.747. The van der Waals surface area contributed by atoms with Gasteiger partial charge >= 0.3 is 0 Å². The number of aryl methyl sites for hydroxylation is 1. The number of benzene rings is 1.